The van der Waals surface area contributed by atoms with Gasteiger partial charge in [0.05, 0.1) is 11.5 Å². The van der Waals surface area contributed by atoms with Crippen LogP contribution in [-0.2, 0) is 13.0 Å². The minimum Gasteiger partial charge on any atom is -0.296 e. The van der Waals surface area contributed by atoms with Crippen molar-refractivity contribution in [1.82, 2.24) is 9.55 Å². The van der Waals surface area contributed by atoms with Crippen LogP contribution in [0.1, 0.15) is 41.6 Å². The van der Waals surface area contributed by atoms with Gasteiger partial charge >= 0.3 is 0 Å². The van der Waals surface area contributed by atoms with Crippen LogP contribution in [0.2, 0.25) is 0 Å². The van der Waals surface area contributed by atoms with Gasteiger partial charge < -0.3 is 0 Å². The van der Waals surface area contributed by atoms with Crippen LogP contribution in [0.3, 0.4) is 0 Å². The van der Waals surface area contributed by atoms with E-state index in [1.807, 2.05) is 6.92 Å². The minimum atomic E-state index is 0.0161. The van der Waals surface area contributed by atoms with E-state index in [0.29, 0.717) is 31.2 Å². The van der Waals surface area contributed by atoms with Crippen LogP contribution in [-0.4, -0.2) is 9.55 Å². The summed E-state index contributed by atoms with van der Waals surface area (Å²) in [7, 11) is 0. The highest BCUT2D eigenvalue weighted by Crippen LogP contribution is 2.36. The molecule has 0 N–H and O–H groups in total. The van der Waals surface area contributed by atoms with Crippen LogP contribution < -0.4 is 5.56 Å². The van der Waals surface area contributed by atoms with E-state index >= 15 is 0 Å². The number of thiophene rings is 1. The topological polar surface area (TPSA) is 58.7 Å². The smallest absolute Gasteiger partial charge is 0.262 e. The first-order valence-electron chi connectivity index (χ1n) is 8.95. The second-order valence-electron chi connectivity index (χ2n) is 6.61. The number of rotatable bonds is 5. The van der Waals surface area contributed by atoms with E-state index in [-0.39, 0.29) is 5.56 Å². The molecule has 4 nitrogen and oxygen atoms in total. The summed E-state index contributed by atoms with van der Waals surface area (Å²) in [6.07, 6.45) is 1.81. The van der Waals surface area contributed by atoms with Crippen LogP contribution in [0.4, 0.5) is 0 Å². The molecule has 0 saturated heterocycles. The molecule has 0 radical (unpaired) electrons. The van der Waals surface area contributed by atoms with E-state index in [4.69, 9.17) is 10.2 Å². The summed E-state index contributed by atoms with van der Waals surface area (Å²) < 4.78 is 1.76. The fourth-order valence-electron chi connectivity index (χ4n) is 3.30. The first-order valence-corrected chi connectivity index (χ1v) is 9.77. The van der Waals surface area contributed by atoms with Crippen LogP contribution in [0, 0.1) is 32.1 Å². The van der Waals surface area contributed by atoms with Crippen molar-refractivity contribution >= 4 is 21.6 Å². The number of nitrogens with zero attached hydrogens (tertiary/aromatic N) is 3. The first-order chi connectivity index (χ1) is 12.5. The lowest BCUT2D eigenvalue weighted by atomic mass is 9.99. The maximum absolute atomic E-state index is 13.3. The van der Waals surface area contributed by atoms with Crippen molar-refractivity contribution in [2.45, 2.75) is 53.5 Å². The molecule has 3 aromatic rings. The van der Waals surface area contributed by atoms with E-state index in [1.54, 1.807) is 15.9 Å². The van der Waals surface area contributed by atoms with E-state index in [2.05, 4.69) is 45.0 Å². The van der Waals surface area contributed by atoms with Gasteiger partial charge in [-0.05, 0) is 43.9 Å². The Hall–Kier alpha value is -2.45. The van der Waals surface area contributed by atoms with Gasteiger partial charge in [-0.1, -0.05) is 25.1 Å². The summed E-state index contributed by atoms with van der Waals surface area (Å²) in [4.78, 5) is 20.0. The van der Waals surface area contributed by atoms with Crippen molar-refractivity contribution in [1.29, 1.82) is 5.26 Å². The van der Waals surface area contributed by atoms with Gasteiger partial charge in [-0.3, -0.25) is 9.36 Å². The average molecular weight is 366 g/mol. The minimum absolute atomic E-state index is 0.0161. The Balaban J connectivity index is 2.26. The third-order valence-electron chi connectivity index (χ3n) is 4.85. The highest BCUT2D eigenvalue weighted by Gasteiger charge is 2.19. The number of unbranched alkanes of at least 4 members (excludes halogenated alkanes) is 1. The lowest BCUT2D eigenvalue weighted by molar-refractivity contribution is 0.594. The number of benzene rings is 1. The van der Waals surface area contributed by atoms with Gasteiger partial charge in [0.25, 0.3) is 5.56 Å². The first kappa shape index (κ1) is 18.3. The molecule has 2 heterocycles. The average Bonchev–Trinajstić information content (AvgIpc) is 2.95. The van der Waals surface area contributed by atoms with Crippen molar-refractivity contribution in [2.75, 3.05) is 0 Å². The molecule has 0 amide bonds. The van der Waals surface area contributed by atoms with Gasteiger partial charge in [0.15, 0.2) is 0 Å². The molecule has 0 bridgehead atoms. The fraction of sp³-hybridized carbons (Fsp3) is 0.381. The van der Waals surface area contributed by atoms with Crippen LogP contribution in [0.25, 0.3) is 21.3 Å². The zero-order chi connectivity index (χ0) is 18.8. The molecular formula is C21H23N3OS. The Morgan fingerprint density at radius 2 is 2.00 bits per heavy atom. The number of hydrogen-bond donors (Lipinski definition) is 0. The summed E-state index contributed by atoms with van der Waals surface area (Å²) in [5.74, 6) is 0.799. The number of aromatic nitrogens is 2. The maximum Gasteiger partial charge on any atom is 0.262 e. The summed E-state index contributed by atoms with van der Waals surface area (Å²) in [6, 6.07) is 8.49. The zero-order valence-corrected chi connectivity index (χ0v) is 16.5. The normalized spacial score (nSPS) is 11.0. The number of aryl methyl sites for hydroxylation is 4. The summed E-state index contributed by atoms with van der Waals surface area (Å²) >= 11 is 1.59. The van der Waals surface area contributed by atoms with Gasteiger partial charge in [0, 0.05) is 29.8 Å². The number of fused-ring (bicyclic) bond motifs is 1. The van der Waals surface area contributed by atoms with E-state index in [1.165, 1.54) is 11.1 Å². The van der Waals surface area contributed by atoms with Gasteiger partial charge in [-0.25, -0.2) is 4.98 Å². The van der Waals surface area contributed by atoms with Gasteiger partial charge in [0.2, 0.25) is 0 Å². The molecule has 0 aliphatic carbocycles. The standard InChI is InChI=1S/C21H23N3OS/c1-5-17-23-20-19(21(25)24(17)11-7-6-10-22)18(15(4)26-20)16-9-8-13(2)14(3)12-16/h8-9,12H,5-7,11H2,1-4H3. The van der Waals surface area contributed by atoms with Gasteiger partial charge in [0.1, 0.15) is 10.7 Å². The highest BCUT2D eigenvalue weighted by atomic mass is 32.1. The van der Waals surface area contributed by atoms with Crippen molar-refractivity contribution in [2.24, 2.45) is 0 Å². The predicted octanol–water partition coefficient (Wildman–Crippen LogP) is 4.92. The van der Waals surface area contributed by atoms with Crippen LogP contribution >= 0.6 is 11.3 Å². The maximum atomic E-state index is 13.3. The second kappa shape index (κ2) is 7.43. The molecule has 0 atom stereocenters. The lowest BCUT2D eigenvalue weighted by Gasteiger charge is -2.11. The third-order valence-corrected chi connectivity index (χ3v) is 5.85. The molecule has 0 saturated carbocycles. The van der Waals surface area contributed by atoms with Crippen molar-refractivity contribution < 1.29 is 0 Å². The number of nitriles is 1. The molecular weight excluding hydrogens is 342 g/mol. The van der Waals surface area contributed by atoms with E-state index in [0.717, 1.165) is 26.7 Å². The molecule has 1 aromatic carbocycles. The fourth-order valence-corrected chi connectivity index (χ4v) is 4.35. The molecule has 0 aliphatic rings. The summed E-state index contributed by atoms with van der Waals surface area (Å²) in [6.45, 7) is 8.80. The molecule has 0 fully saturated rings. The van der Waals surface area contributed by atoms with Crippen molar-refractivity contribution in [3.63, 3.8) is 0 Å². The molecule has 3 rings (SSSR count). The lowest BCUT2D eigenvalue weighted by Crippen LogP contribution is -2.25. The monoisotopic (exact) mass is 365 g/mol. The largest absolute Gasteiger partial charge is 0.296 e. The summed E-state index contributed by atoms with van der Waals surface area (Å²) in [5, 5.41) is 9.52. The Morgan fingerprint density at radius 1 is 1.23 bits per heavy atom. The Morgan fingerprint density at radius 3 is 2.65 bits per heavy atom. The Labute approximate surface area is 157 Å². The molecule has 134 valence electrons. The summed E-state index contributed by atoms with van der Waals surface area (Å²) in [5.41, 5.74) is 4.55. The van der Waals surface area contributed by atoms with E-state index < -0.39 is 0 Å². The van der Waals surface area contributed by atoms with Crippen molar-refractivity contribution in [3.8, 4) is 17.2 Å². The molecule has 0 aliphatic heterocycles. The molecule has 0 spiro atoms. The van der Waals surface area contributed by atoms with E-state index in [9.17, 15) is 4.79 Å². The quantitative estimate of drug-likeness (QED) is 0.603. The van der Waals surface area contributed by atoms with Crippen LogP contribution in [0.5, 0.6) is 0 Å². The molecule has 5 heteroatoms. The Bertz CT molecular complexity index is 1070. The second-order valence-corrected chi connectivity index (χ2v) is 7.82. The van der Waals surface area contributed by atoms with Gasteiger partial charge in [-0.2, -0.15) is 5.26 Å². The highest BCUT2D eigenvalue weighted by molar-refractivity contribution is 7.19. The Kier molecular flexibility index (Phi) is 5.24. The zero-order valence-electron chi connectivity index (χ0n) is 15.7. The van der Waals surface area contributed by atoms with Crippen molar-refractivity contribution in [3.05, 3.63) is 50.4 Å². The SMILES string of the molecule is CCc1nc2sc(C)c(-c3ccc(C)c(C)c3)c2c(=O)n1CCCC#N. The predicted molar refractivity (Wildman–Crippen MR) is 108 cm³/mol. The molecule has 2 aromatic heterocycles. The molecule has 0 unspecified atom stereocenters. The molecule has 26 heavy (non-hydrogen) atoms. The van der Waals surface area contributed by atoms with Gasteiger partial charge in [-0.15, -0.1) is 11.3 Å². The third kappa shape index (κ3) is 3.17. The van der Waals surface area contributed by atoms with Crippen LogP contribution in [0.15, 0.2) is 23.0 Å². The number of hydrogen-bond acceptors (Lipinski definition) is 4.